The minimum atomic E-state index is 0. The first-order chi connectivity index (χ1) is 19.2. The van der Waals surface area contributed by atoms with Crippen molar-refractivity contribution in [1.29, 1.82) is 5.26 Å². The predicted octanol–water partition coefficient (Wildman–Crippen LogP) is 6.97. The normalized spacial score (nSPS) is 10.4. The summed E-state index contributed by atoms with van der Waals surface area (Å²) in [6, 6.07) is 31.8. The van der Waals surface area contributed by atoms with Crippen LogP contribution in [0.1, 0.15) is 22.3 Å². The number of aliphatic hydroxyl groups is 1. The molecular formula is C33H30ClN3O3. The van der Waals surface area contributed by atoms with Crippen molar-refractivity contribution in [2.24, 2.45) is 0 Å². The van der Waals surface area contributed by atoms with Crippen molar-refractivity contribution in [2.45, 2.75) is 26.7 Å². The van der Waals surface area contributed by atoms with Crippen LogP contribution in [0.3, 0.4) is 0 Å². The average Bonchev–Trinajstić information content (AvgIpc) is 3.44. The SMILES string of the molecule is Cc1c(COc2ccc(-c3nccn3CCO)c(OCc3cccc(C#N)c3)c2)cccc1-c1ccccc1.Cl. The van der Waals surface area contributed by atoms with E-state index in [2.05, 4.69) is 48.3 Å². The molecule has 0 saturated carbocycles. The molecule has 0 fully saturated rings. The molecule has 5 rings (SSSR count). The second-order valence-corrected chi connectivity index (χ2v) is 9.17. The Labute approximate surface area is 240 Å². The number of nitriles is 1. The highest BCUT2D eigenvalue weighted by atomic mass is 35.5. The highest BCUT2D eigenvalue weighted by molar-refractivity contribution is 5.85. The van der Waals surface area contributed by atoms with Crippen LogP contribution in [0.15, 0.2) is 103 Å². The summed E-state index contributed by atoms with van der Waals surface area (Å²) in [5.41, 5.74) is 6.91. The fourth-order valence-electron chi connectivity index (χ4n) is 4.56. The van der Waals surface area contributed by atoms with E-state index in [1.165, 1.54) is 16.7 Å². The van der Waals surface area contributed by atoms with Gasteiger partial charge in [0.1, 0.15) is 30.5 Å². The lowest BCUT2D eigenvalue weighted by Crippen LogP contribution is -2.05. The topological polar surface area (TPSA) is 80.3 Å². The Morgan fingerprint density at radius 2 is 1.70 bits per heavy atom. The lowest BCUT2D eigenvalue weighted by Gasteiger charge is -2.16. The van der Waals surface area contributed by atoms with Crippen molar-refractivity contribution in [3.8, 4) is 40.1 Å². The molecule has 4 aromatic carbocycles. The van der Waals surface area contributed by atoms with Crippen molar-refractivity contribution in [3.63, 3.8) is 0 Å². The van der Waals surface area contributed by atoms with Crippen molar-refractivity contribution < 1.29 is 14.6 Å². The minimum absolute atomic E-state index is 0. The van der Waals surface area contributed by atoms with Gasteiger partial charge in [0, 0.05) is 25.0 Å². The molecule has 40 heavy (non-hydrogen) atoms. The van der Waals surface area contributed by atoms with Crippen LogP contribution in [0.5, 0.6) is 11.5 Å². The Hall–Kier alpha value is -4.57. The van der Waals surface area contributed by atoms with Crippen LogP contribution in [0.25, 0.3) is 22.5 Å². The van der Waals surface area contributed by atoms with Crippen LogP contribution < -0.4 is 9.47 Å². The van der Waals surface area contributed by atoms with E-state index in [0.717, 1.165) is 16.7 Å². The van der Waals surface area contributed by atoms with E-state index in [1.807, 2.05) is 65.4 Å². The summed E-state index contributed by atoms with van der Waals surface area (Å²) >= 11 is 0. The number of imidazole rings is 1. The zero-order chi connectivity index (χ0) is 27.0. The number of hydrogen-bond acceptors (Lipinski definition) is 5. The van der Waals surface area contributed by atoms with Gasteiger partial charge in [-0.15, -0.1) is 12.4 Å². The van der Waals surface area contributed by atoms with Gasteiger partial charge in [0.25, 0.3) is 0 Å². The first kappa shape index (κ1) is 28.4. The Balaban J connectivity index is 0.00000370. The average molecular weight is 552 g/mol. The molecule has 0 radical (unpaired) electrons. The number of nitrogens with zero attached hydrogens (tertiary/aromatic N) is 3. The third-order valence-electron chi connectivity index (χ3n) is 6.63. The molecule has 202 valence electrons. The molecular weight excluding hydrogens is 522 g/mol. The molecule has 5 aromatic rings. The van der Waals surface area contributed by atoms with E-state index in [9.17, 15) is 10.4 Å². The smallest absolute Gasteiger partial charge is 0.143 e. The zero-order valence-corrected chi connectivity index (χ0v) is 23.0. The number of aromatic nitrogens is 2. The fraction of sp³-hybridized carbons (Fsp3) is 0.152. The van der Waals surface area contributed by atoms with Crippen molar-refractivity contribution in [2.75, 3.05) is 6.61 Å². The molecule has 0 spiro atoms. The van der Waals surface area contributed by atoms with E-state index >= 15 is 0 Å². The summed E-state index contributed by atoms with van der Waals surface area (Å²) in [5.74, 6) is 1.97. The number of benzene rings is 4. The lowest BCUT2D eigenvalue weighted by molar-refractivity contribution is 0.276. The van der Waals surface area contributed by atoms with Crippen LogP contribution in [-0.2, 0) is 19.8 Å². The standard InChI is InChI=1S/C33H29N3O3.ClH/c1-24-28(11-6-12-30(24)27-9-3-2-4-10-27)23-38-29-13-14-31(33-35-15-16-36(33)17-18-37)32(20-29)39-22-26-8-5-7-25(19-26)21-34;/h2-16,19-20,37H,17-18,22-23H2,1H3;1H. The summed E-state index contributed by atoms with van der Waals surface area (Å²) < 4.78 is 14.4. The van der Waals surface area contributed by atoms with Crippen LogP contribution >= 0.6 is 12.4 Å². The Morgan fingerprint density at radius 3 is 2.50 bits per heavy atom. The maximum absolute atomic E-state index is 9.49. The molecule has 0 aliphatic carbocycles. The molecule has 0 atom stereocenters. The summed E-state index contributed by atoms with van der Waals surface area (Å²) in [4.78, 5) is 4.51. The molecule has 0 aliphatic heterocycles. The number of halogens is 1. The van der Waals surface area contributed by atoms with E-state index in [0.29, 0.717) is 36.0 Å². The van der Waals surface area contributed by atoms with Gasteiger partial charge in [0.15, 0.2) is 0 Å². The number of hydrogen-bond donors (Lipinski definition) is 1. The molecule has 1 heterocycles. The van der Waals surface area contributed by atoms with Crippen LogP contribution in [0.2, 0.25) is 0 Å². The second kappa shape index (κ2) is 13.5. The third kappa shape index (κ3) is 6.52. The Bertz CT molecular complexity index is 1610. The molecule has 6 nitrogen and oxygen atoms in total. The van der Waals surface area contributed by atoms with E-state index in [4.69, 9.17) is 9.47 Å². The highest BCUT2D eigenvalue weighted by Crippen LogP contribution is 2.34. The van der Waals surface area contributed by atoms with Gasteiger partial charge in [-0.25, -0.2) is 4.98 Å². The van der Waals surface area contributed by atoms with Crippen LogP contribution in [0.4, 0.5) is 0 Å². The van der Waals surface area contributed by atoms with Gasteiger partial charge in [-0.1, -0.05) is 60.7 Å². The van der Waals surface area contributed by atoms with Gasteiger partial charge >= 0.3 is 0 Å². The minimum Gasteiger partial charge on any atom is -0.489 e. The molecule has 1 aromatic heterocycles. The summed E-state index contributed by atoms with van der Waals surface area (Å²) in [5, 5.41) is 18.7. The molecule has 7 heteroatoms. The second-order valence-electron chi connectivity index (χ2n) is 9.17. The maximum atomic E-state index is 9.49. The first-order valence-corrected chi connectivity index (χ1v) is 12.8. The van der Waals surface area contributed by atoms with E-state index in [-0.39, 0.29) is 25.6 Å². The number of aliphatic hydroxyl groups excluding tert-OH is 1. The Morgan fingerprint density at radius 1 is 0.875 bits per heavy atom. The number of rotatable bonds is 10. The summed E-state index contributed by atoms with van der Waals surface area (Å²) in [7, 11) is 0. The van der Waals surface area contributed by atoms with Gasteiger partial charge in [-0.05, 0) is 59.0 Å². The van der Waals surface area contributed by atoms with Crippen LogP contribution in [0, 0.1) is 18.3 Å². The van der Waals surface area contributed by atoms with Crippen LogP contribution in [-0.4, -0.2) is 21.3 Å². The van der Waals surface area contributed by atoms with E-state index < -0.39 is 0 Å². The summed E-state index contributed by atoms with van der Waals surface area (Å²) in [6.45, 7) is 3.24. The number of ether oxygens (including phenoxy) is 2. The molecule has 0 amide bonds. The predicted molar refractivity (Wildman–Crippen MR) is 158 cm³/mol. The van der Waals surface area contributed by atoms with Gasteiger partial charge in [-0.3, -0.25) is 0 Å². The molecule has 1 N–H and O–H groups in total. The quantitative estimate of drug-likeness (QED) is 0.203. The third-order valence-corrected chi connectivity index (χ3v) is 6.63. The maximum Gasteiger partial charge on any atom is 0.143 e. The zero-order valence-electron chi connectivity index (χ0n) is 22.2. The van der Waals surface area contributed by atoms with Gasteiger partial charge < -0.3 is 19.1 Å². The fourth-order valence-corrected chi connectivity index (χ4v) is 4.56. The van der Waals surface area contributed by atoms with Crippen molar-refractivity contribution in [3.05, 3.63) is 126 Å². The lowest BCUT2D eigenvalue weighted by atomic mass is 9.97. The summed E-state index contributed by atoms with van der Waals surface area (Å²) in [6.07, 6.45) is 3.54. The molecule has 0 unspecified atom stereocenters. The Kier molecular flexibility index (Phi) is 9.58. The monoisotopic (exact) mass is 551 g/mol. The van der Waals surface area contributed by atoms with Crippen molar-refractivity contribution in [1.82, 2.24) is 9.55 Å². The van der Waals surface area contributed by atoms with Gasteiger partial charge in [0.2, 0.25) is 0 Å². The molecule has 0 aliphatic rings. The van der Waals surface area contributed by atoms with Crippen molar-refractivity contribution >= 4 is 12.4 Å². The van der Waals surface area contributed by atoms with Gasteiger partial charge in [-0.2, -0.15) is 5.26 Å². The molecule has 0 saturated heterocycles. The highest BCUT2D eigenvalue weighted by Gasteiger charge is 2.15. The van der Waals surface area contributed by atoms with Gasteiger partial charge in [0.05, 0.1) is 23.8 Å². The molecule has 0 bridgehead atoms. The first-order valence-electron chi connectivity index (χ1n) is 12.8. The van der Waals surface area contributed by atoms with E-state index in [1.54, 1.807) is 12.3 Å². The largest absolute Gasteiger partial charge is 0.489 e.